The molecule has 0 spiro atoms. The SMILES string of the molecule is CCCNc1nc(-c2ccnc(C)n2)nc(CC)c1I. The van der Waals surface area contributed by atoms with E-state index in [2.05, 4.69) is 61.7 Å². The van der Waals surface area contributed by atoms with Crippen LogP contribution in [0, 0.1) is 10.5 Å². The molecule has 0 amide bonds. The van der Waals surface area contributed by atoms with Crippen molar-refractivity contribution in [2.24, 2.45) is 0 Å². The summed E-state index contributed by atoms with van der Waals surface area (Å²) >= 11 is 2.30. The second-order valence-electron chi connectivity index (χ2n) is 4.43. The number of aromatic nitrogens is 4. The molecule has 0 aromatic carbocycles. The summed E-state index contributed by atoms with van der Waals surface area (Å²) in [6, 6.07) is 1.85. The van der Waals surface area contributed by atoms with Crippen LogP contribution in [0.2, 0.25) is 0 Å². The molecule has 0 bridgehead atoms. The molecule has 106 valence electrons. The van der Waals surface area contributed by atoms with Gasteiger partial charge in [-0.15, -0.1) is 0 Å². The normalized spacial score (nSPS) is 10.6. The molecular weight excluding hydrogens is 365 g/mol. The lowest BCUT2D eigenvalue weighted by Gasteiger charge is -2.11. The summed E-state index contributed by atoms with van der Waals surface area (Å²) < 4.78 is 1.09. The summed E-state index contributed by atoms with van der Waals surface area (Å²) in [5.41, 5.74) is 1.81. The van der Waals surface area contributed by atoms with Gasteiger partial charge in [0.15, 0.2) is 5.82 Å². The smallest absolute Gasteiger partial charge is 0.180 e. The predicted molar refractivity (Wildman–Crippen MR) is 88.7 cm³/mol. The summed E-state index contributed by atoms with van der Waals surface area (Å²) in [6.07, 6.45) is 3.67. The summed E-state index contributed by atoms with van der Waals surface area (Å²) in [4.78, 5) is 17.7. The van der Waals surface area contributed by atoms with E-state index in [0.29, 0.717) is 5.82 Å². The van der Waals surface area contributed by atoms with Gasteiger partial charge in [-0.2, -0.15) is 0 Å². The van der Waals surface area contributed by atoms with Gasteiger partial charge in [-0.1, -0.05) is 13.8 Å². The van der Waals surface area contributed by atoms with Crippen molar-refractivity contribution in [1.29, 1.82) is 0 Å². The average Bonchev–Trinajstić information content (AvgIpc) is 2.46. The van der Waals surface area contributed by atoms with Gasteiger partial charge in [-0.3, -0.25) is 0 Å². The minimum Gasteiger partial charge on any atom is -0.369 e. The molecule has 0 saturated heterocycles. The average molecular weight is 383 g/mol. The van der Waals surface area contributed by atoms with Gasteiger partial charge in [0.05, 0.1) is 9.26 Å². The largest absolute Gasteiger partial charge is 0.369 e. The van der Waals surface area contributed by atoms with E-state index in [1.807, 2.05) is 13.0 Å². The van der Waals surface area contributed by atoms with Gasteiger partial charge in [0, 0.05) is 12.7 Å². The number of aryl methyl sites for hydroxylation is 2. The maximum absolute atomic E-state index is 4.62. The predicted octanol–water partition coefficient (Wildman–Crippen LogP) is 3.23. The molecule has 0 fully saturated rings. The van der Waals surface area contributed by atoms with E-state index in [4.69, 9.17) is 0 Å². The fraction of sp³-hybridized carbons (Fsp3) is 0.429. The molecule has 0 unspecified atom stereocenters. The van der Waals surface area contributed by atoms with Crippen LogP contribution < -0.4 is 5.32 Å². The van der Waals surface area contributed by atoms with E-state index in [1.165, 1.54) is 0 Å². The number of anilines is 1. The van der Waals surface area contributed by atoms with Gasteiger partial charge in [0.25, 0.3) is 0 Å². The first-order chi connectivity index (χ1) is 9.65. The van der Waals surface area contributed by atoms with Crippen molar-refractivity contribution in [1.82, 2.24) is 19.9 Å². The highest BCUT2D eigenvalue weighted by atomic mass is 127. The van der Waals surface area contributed by atoms with E-state index < -0.39 is 0 Å². The van der Waals surface area contributed by atoms with Gasteiger partial charge in [0.1, 0.15) is 17.3 Å². The maximum atomic E-state index is 4.62. The number of rotatable bonds is 5. The molecule has 0 aliphatic carbocycles. The second kappa shape index (κ2) is 6.92. The zero-order valence-electron chi connectivity index (χ0n) is 11.9. The molecule has 2 aromatic rings. The fourth-order valence-corrected chi connectivity index (χ4v) is 2.60. The monoisotopic (exact) mass is 383 g/mol. The van der Waals surface area contributed by atoms with Gasteiger partial charge in [-0.05, 0) is 48.4 Å². The third kappa shape index (κ3) is 3.41. The topological polar surface area (TPSA) is 63.6 Å². The van der Waals surface area contributed by atoms with Gasteiger partial charge >= 0.3 is 0 Å². The van der Waals surface area contributed by atoms with Crippen molar-refractivity contribution in [3.8, 4) is 11.5 Å². The Morgan fingerprint density at radius 1 is 1.20 bits per heavy atom. The van der Waals surface area contributed by atoms with E-state index in [0.717, 1.165) is 46.0 Å². The van der Waals surface area contributed by atoms with E-state index >= 15 is 0 Å². The minimum atomic E-state index is 0.659. The van der Waals surface area contributed by atoms with E-state index in [-0.39, 0.29) is 0 Å². The molecule has 0 aliphatic rings. The molecule has 0 aliphatic heterocycles. The Morgan fingerprint density at radius 3 is 2.65 bits per heavy atom. The third-order valence-electron chi connectivity index (χ3n) is 2.80. The molecule has 5 nitrogen and oxygen atoms in total. The van der Waals surface area contributed by atoms with E-state index in [1.54, 1.807) is 6.20 Å². The van der Waals surface area contributed by atoms with E-state index in [9.17, 15) is 0 Å². The Hall–Kier alpha value is -1.31. The van der Waals surface area contributed by atoms with Crippen LogP contribution in [0.1, 0.15) is 31.8 Å². The molecular formula is C14H18IN5. The Bertz CT molecular complexity index is 600. The number of hydrogen-bond acceptors (Lipinski definition) is 5. The summed E-state index contributed by atoms with van der Waals surface area (Å²) in [7, 11) is 0. The lowest BCUT2D eigenvalue weighted by Crippen LogP contribution is -2.09. The summed E-state index contributed by atoms with van der Waals surface area (Å²) in [5.74, 6) is 2.28. The van der Waals surface area contributed by atoms with Crippen molar-refractivity contribution in [2.75, 3.05) is 11.9 Å². The molecule has 2 aromatic heterocycles. The third-order valence-corrected chi connectivity index (χ3v) is 3.94. The van der Waals surface area contributed by atoms with Crippen molar-refractivity contribution >= 4 is 28.4 Å². The summed E-state index contributed by atoms with van der Waals surface area (Å²) in [5, 5.41) is 3.36. The molecule has 20 heavy (non-hydrogen) atoms. The van der Waals surface area contributed by atoms with Gasteiger partial charge < -0.3 is 5.32 Å². The maximum Gasteiger partial charge on any atom is 0.180 e. The Kier molecular flexibility index (Phi) is 5.22. The first-order valence-electron chi connectivity index (χ1n) is 6.76. The summed E-state index contributed by atoms with van der Waals surface area (Å²) in [6.45, 7) is 7.01. The standard InChI is InChI=1S/C14H18IN5/c1-4-7-17-14-12(15)10(5-2)19-13(20-14)11-6-8-16-9(3)18-11/h6,8H,4-5,7H2,1-3H3,(H,17,19,20). The fourth-order valence-electron chi connectivity index (χ4n) is 1.78. The van der Waals surface area contributed by atoms with Crippen molar-refractivity contribution in [3.05, 3.63) is 27.4 Å². The number of nitrogens with one attached hydrogen (secondary N) is 1. The molecule has 1 N–H and O–H groups in total. The molecule has 2 heterocycles. The lowest BCUT2D eigenvalue weighted by atomic mass is 10.3. The molecule has 0 atom stereocenters. The van der Waals surface area contributed by atoms with Crippen molar-refractivity contribution in [2.45, 2.75) is 33.6 Å². The van der Waals surface area contributed by atoms with Crippen LogP contribution >= 0.6 is 22.6 Å². The first kappa shape index (κ1) is 15.1. The number of halogens is 1. The van der Waals surface area contributed by atoms with Gasteiger partial charge in [0.2, 0.25) is 0 Å². The van der Waals surface area contributed by atoms with Crippen LogP contribution in [0.15, 0.2) is 12.3 Å². The number of hydrogen-bond donors (Lipinski definition) is 1. The molecule has 2 rings (SSSR count). The van der Waals surface area contributed by atoms with Crippen molar-refractivity contribution < 1.29 is 0 Å². The number of nitrogens with zero attached hydrogens (tertiary/aromatic N) is 4. The van der Waals surface area contributed by atoms with Crippen molar-refractivity contribution in [3.63, 3.8) is 0 Å². The van der Waals surface area contributed by atoms with Gasteiger partial charge in [-0.25, -0.2) is 19.9 Å². The Labute approximate surface area is 132 Å². The molecule has 0 saturated carbocycles. The Morgan fingerprint density at radius 2 is 2.00 bits per heavy atom. The quantitative estimate of drug-likeness (QED) is 0.804. The minimum absolute atomic E-state index is 0.659. The van der Waals surface area contributed by atoms with Crippen LogP contribution in [0.5, 0.6) is 0 Å². The van der Waals surface area contributed by atoms with Crippen LogP contribution in [0.25, 0.3) is 11.5 Å². The zero-order valence-corrected chi connectivity index (χ0v) is 14.1. The van der Waals surface area contributed by atoms with Crippen LogP contribution in [-0.4, -0.2) is 26.5 Å². The first-order valence-corrected chi connectivity index (χ1v) is 7.83. The highest BCUT2D eigenvalue weighted by molar-refractivity contribution is 14.1. The van der Waals surface area contributed by atoms with Crippen LogP contribution in [-0.2, 0) is 6.42 Å². The zero-order chi connectivity index (χ0) is 14.5. The molecule has 0 radical (unpaired) electrons. The van der Waals surface area contributed by atoms with Crippen LogP contribution in [0.4, 0.5) is 5.82 Å². The second-order valence-corrected chi connectivity index (χ2v) is 5.50. The highest BCUT2D eigenvalue weighted by Crippen LogP contribution is 2.23. The highest BCUT2D eigenvalue weighted by Gasteiger charge is 2.13. The lowest BCUT2D eigenvalue weighted by molar-refractivity contribution is 0.936. The van der Waals surface area contributed by atoms with Crippen LogP contribution in [0.3, 0.4) is 0 Å². The molecule has 6 heteroatoms. The Balaban J connectivity index is 2.48.